The van der Waals surface area contributed by atoms with E-state index in [0.29, 0.717) is 18.0 Å². The van der Waals surface area contributed by atoms with Crippen molar-refractivity contribution in [3.8, 4) is 17.0 Å². The number of rotatable bonds is 7. The molecule has 3 rings (SSSR count). The second-order valence-electron chi connectivity index (χ2n) is 6.15. The number of ether oxygens (including phenoxy) is 1. The lowest BCUT2D eigenvalue weighted by Crippen LogP contribution is -2.17. The Hall–Kier alpha value is -3.41. The summed E-state index contributed by atoms with van der Waals surface area (Å²) in [5, 5.41) is 10.9. The molecule has 0 spiro atoms. The molecule has 0 saturated carbocycles. The van der Waals surface area contributed by atoms with Crippen LogP contribution in [0.2, 0.25) is 0 Å². The summed E-state index contributed by atoms with van der Waals surface area (Å²) < 4.78 is 5.53. The van der Waals surface area contributed by atoms with Gasteiger partial charge in [0.15, 0.2) is 0 Å². The first kappa shape index (κ1) is 18.4. The smallest absolute Gasteiger partial charge is 0.289 e. The molecule has 27 heavy (non-hydrogen) atoms. The maximum atomic E-state index is 12.2. The van der Waals surface area contributed by atoms with Gasteiger partial charge in [0.25, 0.3) is 5.91 Å². The summed E-state index contributed by atoms with van der Waals surface area (Å²) in [6.45, 7) is 4.78. The molecule has 2 N–H and O–H groups in total. The van der Waals surface area contributed by atoms with Crippen molar-refractivity contribution in [2.24, 2.45) is 5.10 Å². The largest absolute Gasteiger partial charge is 0.494 e. The Morgan fingerprint density at radius 2 is 1.93 bits per heavy atom. The Kier molecular flexibility index (Phi) is 5.99. The fraction of sp³-hybridized carbons (Fsp3) is 0.190. The van der Waals surface area contributed by atoms with Crippen LogP contribution in [0.5, 0.6) is 5.75 Å². The van der Waals surface area contributed by atoms with Crippen molar-refractivity contribution in [1.82, 2.24) is 15.6 Å². The van der Waals surface area contributed by atoms with Gasteiger partial charge in [0.1, 0.15) is 11.4 Å². The van der Waals surface area contributed by atoms with E-state index in [4.69, 9.17) is 4.74 Å². The number of hydrazone groups is 1. The quantitative estimate of drug-likeness (QED) is 0.493. The molecule has 6 nitrogen and oxygen atoms in total. The highest BCUT2D eigenvalue weighted by molar-refractivity contribution is 5.94. The van der Waals surface area contributed by atoms with E-state index in [2.05, 4.69) is 27.6 Å². The van der Waals surface area contributed by atoms with E-state index in [0.717, 1.165) is 23.3 Å². The summed E-state index contributed by atoms with van der Waals surface area (Å²) >= 11 is 0. The summed E-state index contributed by atoms with van der Waals surface area (Å²) in [5.74, 6) is 0.471. The molecule has 6 heteroatoms. The Labute approximate surface area is 158 Å². The van der Waals surface area contributed by atoms with Crippen molar-refractivity contribution < 1.29 is 9.53 Å². The van der Waals surface area contributed by atoms with Crippen LogP contribution in [-0.4, -0.2) is 28.9 Å². The third-order valence-corrected chi connectivity index (χ3v) is 3.90. The van der Waals surface area contributed by atoms with Gasteiger partial charge in [-0.1, -0.05) is 36.8 Å². The zero-order valence-corrected chi connectivity index (χ0v) is 15.4. The van der Waals surface area contributed by atoms with Crippen LogP contribution in [0.15, 0.2) is 59.7 Å². The highest BCUT2D eigenvalue weighted by Gasteiger charge is 2.10. The Morgan fingerprint density at radius 1 is 1.19 bits per heavy atom. The van der Waals surface area contributed by atoms with Crippen molar-refractivity contribution in [3.63, 3.8) is 0 Å². The van der Waals surface area contributed by atoms with Crippen LogP contribution in [0.3, 0.4) is 0 Å². The third kappa shape index (κ3) is 5.04. The monoisotopic (exact) mass is 362 g/mol. The van der Waals surface area contributed by atoms with Crippen LogP contribution in [0, 0.1) is 6.92 Å². The number of benzene rings is 2. The molecule has 2 aromatic carbocycles. The van der Waals surface area contributed by atoms with E-state index in [1.165, 1.54) is 5.56 Å². The predicted octanol–water partition coefficient (Wildman–Crippen LogP) is 3.94. The molecule has 0 aliphatic carbocycles. The molecular weight excluding hydrogens is 340 g/mol. The zero-order valence-electron chi connectivity index (χ0n) is 15.4. The maximum Gasteiger partial charge on any atom is 0.289 e. The van der Waals surface area contributed by atoms with Gasteiger partial charge < -0.3 is 4.74 Å². The first-order valence-electron chi connectivity index (χ1n) is 8.84. The van der Waals surface area contributed by atoms with Crippen LogP contribution < -0.4 is 10.2 Å². The second-order valence-corrected chi connectivity index (χ2v) is 6.15. The van der Waals surface area contributed by atoms with E-state index in [1.54, 1.807) is 12.3 Å². The van der Waals surface area contributed by atoms with Gasteiger partial charge in [0.2, 0.25) is 0 Å². The van der Waals surface area contributed by atoms with Crippen LogP contribution >= 0.6 is 0 Å². The molecule has 1 amide bonds. The van der Waals surface area contributed by atoms with Crippen molar-refractivity contribution in [2.45, 2.75) is 20.3 Å². The van der Waals surface area contributed by atoms with Crippen LogP contribution in [0.1, 0.15) is 35.0 Å². The van der Waals surface area contributed by atoms with E-state index >= 15 is 0 Å². The van der Waals surface area contributed by atoms with Crippen molar-refractivity contribution >= 4 is 12.1 Å². The molecule has 0 radical (unpaired) electrons. The van der Waals surface area contributed by atoms with Crippen LogP contribution in [0.4, 0.5) is 0 Å². The molecule has 0 aliphatic heterocycles. The summed E-state index contributed by atoms with van der Waals surface area (Å²) in [4.78, 5) is 12.2. The minimum absolute atomic E-state index is 0.347. The van der Waals surface area contributed by atoms with E-state index in [-0.39, 0.29) is 5.91 Å². The summed E-state index contributed by atoms with van der Waals surface area (Å²) in [7, 11) is 0. The van der Waals surface area contributed by atoms with Gasteiger partial charge in [0.05, 0.1) is 18.5 Å². The normalized spacial score (nSPS) is 10.9. The average Bonchev–Trinajstić information content (AvgIpc) is 3.18. The maximum absolute atomic E-state index is 12.2. The molecule has 0 saturated heterocycles. The van der Waals surface area contributed by atoms with Crippen molar-refractivity contribution in [3.05, 3.63) is 71.4 Å². The van der Waals surface area contributed by atoms with Crippen LogP contribution in [0.25, 0.3) is 11.3 Å². The molecule has 3 aromatic rings. The zero-order chi connectivity index (χ0) is 19.1. The first-order valence-corrected chi connectivity index (χ1v) is 8.84. The average molecular weight is 362 g/mol. The number of aromatic nitrogens is 2. The number of hydrogen-bond donors (Lipinski definition) is 2. The molecule has 138 valence electrons. The molecule has 1 aromatic heterocycles. The van der Waals surface area contributed by atoms with E-state index < -0.39 is 0 Å². The van der Waals surface area contributed by atoms with Gasteiger partial charge in [-0.15, -0.1) is 0 Å². The van der Waals surface area contributed by atoms with Gasteiger partial charge in [-0.3, -0.25) is 9.89 Å². The Morgan fingerprint density at radius 3 is 2.63 bits per heavy atom. The second kappa shape index (κ2) is 8.80. The van der Waals surface area contributed by atoms with Gasteiger partial charge in [-0.2, -0.15) is 10.2 Å². The fourth-order valence-electron chi connectivity index (χ4n) is 2.41. The molecule has 0 aliphatic rings. The van der Waals surface area contributed by atoms with Gasteiger partial charge in [-0.25, -0.2) is 5.43 Å². The number of aryl methyl sites for hydroxylation is 1. The summed E-state index contributed by atoms with van der Waals surface area (Å²) in [5.41, 5.74) is 6.55. The highest BCUT2D eigenvalue weighted by atomic mass is 16.5. The van der Waals surface area contributed by atoms with Crippen molar-refractivity contribution in [2.75, 3.05) is 6.61 Å². The van der Waals surface area contributed by atoms with Gasteiger partial charge >= 0.3 is 0 Å². The third-order valence-electron chi connectivity index (χ3n) is 3.90. The van der Waals surface area contributed by atoms with Crippen molar-refractivity contribution in [1.29, 1.82) is 0 Å². The molecule has 0 unspecified atom stereocenters. The molecular formula is C21H22N4O2. The Balaban J connectivity index is 1.57. The SMILES string of the molecule is CCCOc1ccc(/C=N/NC(=O)c2cc(-c3ccc(C)cc3)n[nH]2)cc1. The molecule has 0 fully saturated rings. The lowest BCUT2D eigenvalue weighted by molar-refractivity contribution is 0.0950. The van der Waals surface area contributed by atoms with Gasteiger partial charge in [-0.05, 0) is 49.2 Å². The number of H-pyrrole nitrogens is 1. The highest BCUT2D eigenvalue weighted by Crippen LogP contribution is 2.18. The van der Waals surface area contributed by atoms with E-state index in [9.17, 15) is 4.79 Å². The number of nitrogens with one attached hydrogen (secondary N) is 2. The lowest BCUT2D eigenvalue weighted by atomic mass is 10.1. The predicted molar refractivity (Wildman–Crippen MR) is 106 cm³/mol. The number of nitrogens with zero attached hydrogens (tertiary/aromatic N) is 2. The summed E-state index contributed by atoms with van der Waals surface area (Å²) in [6, 6.07) is 17.2. The number of amides is 1. The number of aromatic amines is 1. The summed E-state index contributed by atoms with van der Waals surface area (Å²) in [6.07, 6.45) is 2.55. The minimum atomic E-state index is -0.347. The molecule has 0 bridgehead atoms. The minimum Gasteiger partial charge on any atom is -0.494 e. The first-order chi connectivity index (χ1) is 13.2. The lowest BCUT2D eigenvalue weighted by Gasteiger charge is -2.03. The standard InChI is InChI=1S/C21H22N4O2/c1-3-12-27-18-10-6-16(7-11-18)14-22-25-21(26)20-13-19(23-24-20)17-8-4-15(2)5-9-17/h4-11,13-14H,3,12H2,1-2H3,(H,23,24)(H,25,26)/b22-14+. The van der Waals surface area contributed by atoms with Crippen LogP contribution in [-0.2, 0) is 0 Å². The Bertz CT molecular complexity index is 912. The molecule has 1 heterocycles. The number of carbonyl (C=O) groups is 1. The van der Waals surface area contributed by atoms with Gasteiger partial charge in [0, 0.05) is 5.56 Å². The molecule has 0 atom stereocenters. The fourth-order valence-corrected chi connectivity index (χ4v) is 2.41. The number of hydrogen-bond acceptors (Lipinski definition) is 4. The topological polar surface area (TPSA) is 79.4 Å². The van der Waals surface area contributed by atoms with E-state index in [1.807, 2.05) is 55.5 Å². The number of carbonyl (C=O) groups excluding carboxylic acids is 1.